The highest BCUT2D eigenvalue weighted by atomic mass is 79.9. The van der Waals surface area contributed by atoms with Gasteiger partial charge in [-0.05, 0) is 35.8 Å². The smallest absolute Gasteiger partial charge is 0.308 e. The summed E-state index contributed by atoms with van der Waals surface area (Å²) >= 11 is 3.08. The molecule has 0 spiro atoms. The predicted octanol–water partition coefficient (Wildman–Crippen LogP) is 1.88. The van der Waals surface area contributed by atoms with Gasteiger partial charge in [-0.2, -0.15) is 0 Å². The molecule has 1 aromatic rings. The second-order valence-electron chi connectivity index (χ2n) is 3.50. The van der Waals surface area contributed by atoms with Crippen LogP contribution in [0.4, 0.5) is 0 Å². The number of carboxylic acid groups (broad SMARTS) is 1. The third-order valence-electron chi connectivity index (χ3n) is 2.36. The van der Waals surface area contributed by atoms with Crippen LogP contribution in [-0.2, 0) is 4.79 Å². The number of furan rings is 1. The Morgan fingerprint density at radius 1 is 1.50 bits per heavy atom. The third kappa shape index (κ3) is 2.85. The average molecular weight is 290 g/mol. The molecular formula is C10H12BrNO4. The minimum atomic E-state index is -0.945. The number of amides is 1. The van der Waals surface area contributed by atoms with Gasteiger partial charge in [0.2, 0.25) is 0 Å². The van der Waals surface area contributed by atoms with Crippen molar-refractivity contribution in [2.45, 2.75) is 19.9 Å². The summed E-state index contributed by atoms with van der Waals surface area (Å²) in [5, 5.41) is 11.4. The summed E-state index contributed by atoms with van der Waals surface area (Å²) in [6, 6.07) is 1.06. The lowest BCUT2D eigenvalue weighted by molar-refractivity contribution is -0.141. The normalized spacial score (nSPS) is 14.2. The highest BCUT2D eigenvalue weighted by Gasteiger charge is 2.22. The molecule has 2 N–H and O–H groups in total. The van der Waals surface area contributed by atoms with Gasteiger partial charge < -0.3 is 14.8 Å². The molecule has 88 valence electrons. The molecule has 6 heteroatoms. The molecule has 5 nitrogen and oxygen atoms in total. The van der Waals surface area contributed by atoms with Crippen molar-refractivity contribution in [3.63, 3.8) is 0 Å². The van der Waals surface area contributed by atoms with Crippen LogP contribution in [0.2, 0.25) is 0 Å². The highest BCUT2D eigenvalue weighted by Crippen LogP contribution is 2.17. The van der Waals surface area contributed by atoms with Crippen LogP contribution in [0.5, 0.6) is 0 Å². The van der Waals surface area contributed by atoms with E-state index in [0.29, 0.717) is 10.2 Å². The quantitative estimate of drug-likeness (QED) is 0.887. The molecule has 16 heavy (non-hydrogen) atoms. The maximum atomic E-state index is 11.7. The Labute approximate surface area is 101 Å². The fraction of sp³-hybridized carbons (Fsp3) is 0.400. The van der Waals surface area contributed by atoms with Gasteiger partial charge in [-0.1, -0.05) is 0 Å². The third-order valence-corrected chi connectivity index (χ3v) is 2.97. The van der Waals surface area contributed by atoms with Gasteiger partial charge in [0.25, 0.3) is 5.91 Å². The van der Waals surface area contributed by atoms with Crippen molar-refractivity contribution in [1.82, 2.24) is 5.32 Å². The van der Waals surface area contributed by atoms with Crippen LogP contribution in [0.25, 0.3) is 0 Å². The highest BCUT2D eigenvalue weighted by molar-refractivity contribution is 9.10. The molecule has 1 heterocycles. The van der Waals surface area contributed by atoms with Crippen LogP contribution in [-0.4, -0.2) is 23.0 Å². The van der Waals surface area contributed by atoms with E-state index in [-0.39, 0.29) is 5.91 Å². The van der Waals surface area contributed by atoms with Gasteiger partial charge in [-0.15, -0.1) is 0 Å². The summed E-state index contributed by atoms with van der Waals surface area (Å²) in [5.41, 5.74) is 0.351. The van der Waals surface area contributed by atoms with Crippen molar-refractivity contribution < 1.29 is 19.1 Å². The number of carbonyl (C=O) groups excluding carboxylic acids is 1. The minimum absolute atomic E-state index is 0.333. The van der Waals surface area contributed by atoms with Crippen molar-refractivity contribution in [2.24, 2.45) is 5.92 Å². The molecule has 1 amide bonds. The number of rotatable bonds is 4. The Balaban J connectivity index is 2.65. The number of carboxylic acids is 1. The lowest BCUT2D eigenvalue weighted by Crippen LogP contribution is -2.40. The second kappa shape index (κ2) is 5.16. The number of halogens is 1. The largest absolute Gasteiger partial charge is 0.481 e. The summed E-state index contributed by atoms with van der Waals surface area (Å²) in [6.45, 7) is 3.18. The Bertz CT molecular complexity index is 401. The minimum Gasteiger partial charge on any atom is -0.481 e. The van der Waals surface area contributed by atoms with Crippen LogP contribution in [0, 0.1) is 5.92 Å². The molecule has 0 fully saturated rings. The summed E-state index contributed by atoms with van der Waals surface area (Å²) < 4.78 is 5.25. The van der Waals surface area contributed by atoms with E-state index in [1.807, 2.05) is 0 Å². The Kier molecular flexibility index (Phi) is 4.12. The first-order valence-electron chi connectivity index (χ1n) is 4.70. The number of carbonyl (C=O) groups is 2. The SMILES string of the molecule is CC(NC(=O)c1ccoc1Br)C(C)C(=O)O. The fourth-order valence-electron chi connectivity index (χ4n) is 1.08. The maximum Gasteiger partial charge on any atom is 0.308 e. The van der Waals surface area contributed by atoms with Crippen molar-refractivity contribution in [1.29, 1.82) is 0 Å². The van der Waals surface area contributed by atoms with Crippen LogP contribution >= 0.6 is 15.9 Å². The molecule has 0 saturated carbocycles. The molecule has 1 rings (SSSR count). The molecule has 0 aromatic carbocycles. The van der Waals surface area contributed by atoms with Gasteiger partial charge in [0.15, 0.2) is 4.67 Å². The molecule has 1 aromatic heterocycles. The van der Waals surface area contributed by atoms with Gasteiger partial charge in [0, 0.05) is 6.04 Å². The first-order chi connectivity index (χ1) is 7.43. The van der Waals surface area contributed by atoms with E-state index in [2.05, 4.69) is 21.2 Å². The van der Waals surface area contributed by atoms with E-state index < -0.39 is 17.9 Å². The van der Waals surface area contributed by atoms with Crippen molar-refractivity contribution >= 4 is 27.8 Å². The summed E-state index contributed by atoms with van der Waals surface area (Å²) in [4.78, 5) is 22.4. The first kappa shape index (κ1) is 12.8. The lowest BCUT2D eigenvalue weighted by atomic mass is 10.0. The monoisotopic (exact) mass is 289 g/mol. The average Bonchev–Trinajstić information content (AvgIpc) is 2.62. The molecule has 2 unspecified atom stereocenters. The van der Waals surface area contributed by atoms with E-state index in [1.165, 1.54) is 19.3 Å². The molecule has 0 aliphatic carbocycles. The van der Waals surface area contributed by atoms with Crippen LogP contribution in [0.1, 0.15) is 24.2 Å². The maximum absolute atomic E-state index is 11.7. The zero-order valence-corrected chi connectivity index (χ0v) is 10.4. The number of hydrogen-bond donors (Lipinski definition) is 2. The Morgan fingerprint density at radius 2 is 2.12 bits per heavy atom. The number of hydrogen-bond acceptors (Lipinski definition) is 3. The van der Waals surface area contributed by atoms with Crippen LogP contribution < -0.4 is 5.32 Å². The number of aliphatic carboxylic acids is 1. The lowest BCUT2D eigenvalue weighted by Gasteiger charge is -2.17. The molecule has 0 radical (unpaired) electrons. The molecule has 2 atom stereocenters. The summed E-state index contributed by atoms with van der Waals surface area (Å²) in [6.07, 6.45) is 1.38. The molecule has 0 bridgehead atoms. The van der Waals surface area contributed by atoms with Gasteiger partial charge in [0.1, 0.15) is 0 Å². The zero-order chi connectivity index (χ0) is 12.3. The zero-order valence-electron chi connectivity index (χ0n) is 8.86. The van der Waals surface area contributed by atoms with Gasteiger partial charge in [-0.25, -0.2) is 0 Å². The van der Waals surface area contributed by atoms with E-state index in [9.17, 15) is 9.59 Å². The Morgan fingerprint density at radius 3 is 2.56 bits per heavy atom. The van der Waals surface area contributed by atoms with E-state index >= 15 is 0 Å². The van der Waals surface area contributed by atoms with Gasteiger partial charge in [0.05, 0.1) is 17.7 Å². The first-order valence-corrected chi connectivity index (χ1v) is 5.49. The second-order valence-corrected chi connectivity index (χ2v) is 4.22. The van der Waals surface area contributed by atoms with E-state index in [1.54, 1.807) is 6.92 Å². The summed E-state index contributed by atoms with van der Waals surface area (Å²) in [7, 11) is 0. The van der Waals surface area contributed by atoms with Gasteiger partial charge >= 0.3 is 5.97 Å². The predicted molar refractivity (Wildman–Crippen MR) is 60.1 cm³/mol. The van der Waals surface area contributed by atoms with E-state index in [0.717, 1.165) is 0 Å². The van der Waals surface area contributed by atoms with Crippen LogP contribution in [0.15, 0.2) is 21.4 Å². The standard InChI is InChI=1S/C10H12BrNO4/c1-5(10(14)15)6(2)12-9(13)7-3-4-16-8(7)11/h3-6H,1-2H3,(H,12,13)(H,14,15). The summed E-state index contributed by atoms with van der Waals surface area (Å²) in [5.74, 6) is -1.95. The fourth-order valence-corrected chi connectivity index (χ4v) is 1.50. The molecular weight excluding hydrogens is 278 g/mol. The van der Waals surface area contributed by atoms with Crippen LogP contribution in [0.3, 0.4) is 0 Å². The van der Waals surface area contributed by atoms with Gasteiger partial charge in [-0.3, -0.25) is 9.59 Å². The topological polar surface area (TPSA) is 79.5 Å². The Hall–Kier alpha value is -1.30. The molecule has 0 aliphatic heterocycles. The number of nitrogens with one attached hydrogen (secondary N) is 1. The van der Waals surface area contributed by atoms with E-state index in [4.69, 9.17) is 9.52 Å². The van der Waals surface area contributed by atoms with Crippen molar-refractivity contribution in [2.75, 3.05) is 0 Å². The van der Waals surface area contributed by atoms with Crippen molar-refractivity contribution in [3.8, 4) is 0 Å². The van der Waals surface area contributed by atoms with Crippen molar-refractivity contribution in [3.05, 3.63) is 22.6 Å². The molecule has 0 aliphatic rings. The molecule has 0 saturated heterocycles.